The molecule has 0 aromatic heterocycles. The maximum atomic E-state index is 5.59. The largest absolute Gasteiger partial charge is 0.359 e. The average Bonchev–Trinajstić information content (AvgIpc) is 2.40. The Bertz CT molecular complexity index is 147. The summed E-state index contributed by atoms with van der Waals surface area (Å²) in [4.78, 5) is 0. The van der Waals surface area contributed by atoms with Crippen molar-refractivity contribution >= 4 is 0 Å². The first kappa shape index (κ1) is 10.9. The highest BCUT2D eigenvalue weighted by Crippen LogP contribution is 2.23. The molecule has 1 aliphatic heterocycles. The first-order valence-electron chi connectivity index (χ1n) is 4.52. The molecule has 0 amide bonds. The van der Waals surface area contributed by atoms with Crippen LogP contribution >= 0.6 is 0 Å². The van der Waals surface area contributed by atoms with Gasteiger partial charge in [-0.05, 0) is 20.3 Å². The van der Waals surface area contributed by atoms with Crippen molar-refractivity contribution in [2.45, 2.75) is 32.2 Å². The molecule has 0 bridgehead atoms. The molecule has 0 unspecified atom stereocenters. The summed E-state index contributed by atoms with van der Waals surface area (Å²) in [5.41, 5.74) is 0. The van der Waals surface area contributed by atoms with Gasteiger partial charge < -0.3 is 18.9 Å². The van der Waals surface area contributed by atoms with Crippen LogP contribution in [0.4, 0.5) is 0 Å². The van der Waals surface area contributed by atoms with Crippen LogP contribution in [-0.4, -0.2) is 39.0 Å². The van der Waals surface area contributed by atoms with Gasteiger partial charge in [0.05, 0.1) is 19.3 Å². The van der Waals surface area contributed by atoms with Crippen LogP contribution in [0.1, 0.15) is 20.3 Å². The van der Waals surface area contributed by atoms with Crippen molar-refractivity contribution in [2.75, 3.05) is 27.1 Å². The Balaban J connectivity index is 2.04. The van der Waals surface area contributed by atoms with E-state index in [0.29, 0.717) is 20.0 Å². The van der Waals surface area contributed by atoms with Crippen molar-refractivity contribution in [2.24, 2.45) is 0 Å². The fourth-order valence-corrected chi connectivity index (χ4v) is 1.26. The van der Waals surface area contributed by atoms with Gasteiger partial charge >= 0.3 is 0 Å². The third-order valence-electron chi connectivity index (χ3n) is 1.85. The lowest BCUT2D eigenvalue weighted by Gasteiger charge is -2.16. The van der Waals surface area contributed by atoms with Crippen molar-refractivity contribution < 1.29 is 18.9 Å². The van der Waals surface area contributed by atoms with Crippen molar-refractivity contribution in [1.82, 2.24) is 0 Å². The summed E-state index contributed by atoms with van der Waals surface area (Å²) in [5, 5.41) is 0. The second-order valence-electron chi connectivity index (χ2n) is 3.55. The Hall–Kier alpha value is -0.160. The van der Waals surface area contributed by atoms with Crippen LogP contribution < -0.4 is 0 Å². The number of ether oxygens (including phenoxy) is 4. The predicted molar refractivity (Wildman–Crippen MR) is 47.3 cm³/mol. The summed E-state index contributed by atoms with van der Waals surface area (Å²) in [7, 11) is 1.61. The second kappa shape index (κ2) is 4.91. The van der Waals surface area contributed by atoms with E-state index in [1.807, 2.05) is 13.8 Å². The van der Waals surface area contributed by atoms with Gasteiger partial charge in [-0.1, -0.05) is 0 Å². The highest BCUT2D eigenvalue weighted by atomic mass is 16.7. The van der Waals surface area contributed by atoms with Crippen molar-refractivity contribution in [3.63, 3.8) is 0 Å². The van der Waals surface area contributed by atoms with Gasteiger partial charge in [0.2, 0.25) is 0 Å². The predicted octanol–water partition coefficient (Wildman–Crippen LogP) is 1.15. The van der Waals surface area contributed by atoms with Crippen LogP contribution in [0, 0.1) is 0 Å². The molecule has 1 heterocycles. The molecule has 4 heteroatoms. The zero-order chi connectivity index (χ0) is 9.73. The summed E-state index contributed by atoms with van der Waals surface area (Å²) in [6.45, 7) is 5.49. The van der Waals surface area contributed by atoms with E-state index in [1.165, 1.54) is 0 Å². The maximum Gasteiger partial charge on any atom is 0.163 e. The normalized spacial score (nSPS) is 26.5. The zero-order valence-electron chi connectivity index (χ0n) is 8.54. The van der Waals surface area contributed by atoms with Gasteiger partial charge in [-0.25, -0.2) is 0 Å². The van der Waals surface area contributed by atoms with E-state index < -0.39 is 5.79 Å². The summed E-state index contributed by atoms with van der Waals surface area (Å²) < 4.78 is 20.9. The molecule has 1 rings (SSSR count). The third kappa shape index (κ3) is 4.04. The molecule has 4 nitrogen and oxygen atoms in total. The number of hydrogen-bond donors (Lipinski definition) is 0. The van der Waals surface area contributed by atoms with Gasteiger partial charge in [-0.3, -0.25) is 0 Å². The number of rotatable bonds is 5. The monoisotopic (exact) mass is 190 g/mol. The van der Waals surface area contributed by atoms with E-state index in [2.05, 4.69) is 0 Å². The average molecular weight is 190 g/mol. The molecule has 1 fully saturated rings. The van der Waals surface area contributed by atoms with Gasteiger partial charge in [0.1, 0.15) is 6.79 Å². The minimum Gasteiger partial charge on any atom is -0.359 e. The lowest BCUT2D eigenvalue weighted by Crippen LogP contribution is -2.22. The minimum absolute atomic E-state index is 0.159. The Labute approximate surface area is 79.1 Å². The highest BCUT2D eigenvalue weighted by molar-refractivity contribution is 4.70. The Morgan fingerprint density at radius 1 is 1.46 bits per heavy atom. The van der Waals surface area contributed by atoms with Crippen LogP contribution in [0.15, 0.2) is 0 Å². The summed E-state index contributed by atoms with van der Waals surface area (Å²) >= 11 is 0. The van der Waals surface area contributed by atoms with Gasteiger partial charge in [0.15, 0.2) is 5.79 Å². The Morgan fingerprint density at radius 2 is 2.23 bits per heavy atom. The molecule has 0 N–H and O–H groups in total. The van der Waals surface area contributed by atoms with Crippen LogP contribution in [0.2, 0.25) is 0 Å². The smallest absolute Gasteiger partial charge is 0.163 e. The molecule has 0 saturated carbocycles. The molecule has 0 aliphatic carbocycles. The fraction of sp³-hybridized carbons (Fsp3) is 1.00. The lowest BCUT2D eigenvalue weighted by molar-refractivity contribution is -0.141. The van der Waals surface area contributed by atoms with Crippen LogP contribution in [0.25, 0.3) is 0 Å². The summed E-state index contributed by atoms with van der Waals surface area (Å²) in [5.74, 6) is -0.425. The number of methoxy groups -OCH3 is 1. The fourth-order valence-electron chi connectivity index (χ4n) is 1.26. The quantitative estimate of drug-likeness (QED) is 0.481. The van der Waals surface area contributed by atoms with Crippen molar-refractivity contribution in [1.29, 1.82) is 0 Å². The molecular weight excluding hydrogens is 172 g/mol. The van der Waals surface area contributed by atoms with E-state index >= 15 is 0 Å². The number of hydrogen-bond acceptors (Lipinski definition) is 4. The molecule has 0 radical (unpaired) electrons. The first-order chi connectivity index (χ1) is 6.14. The molecule has 1 saturated heterocycles. The van der Waals surface area contributed by atoms with Crippen LogP contribution in [0.3, 0.4) is 0 Å². The molecule has 1 aliphatic rings. The SMILES string of the molecule is COCOCC[C@H]1COC(C)(C)O1. The molecule has 1 atom stereocenters. The lowest BCUT2D eigenvalue weighted by atomic mass is 10.3. The van der Waals surface area contributed by atoms with E-state index in [9.17, 15) is 0 Å². The minimum atomic E-state index is -0.425. The van der Waals surface area contributed by atoms with Crippen molar-refractivity contribution in [3.05, 3.63) is 0 Å². The summed E-state index contributed by atoms with van der Waals surface area (Å²) in [6.07, 6.45) is 1.01. The second-order valence-corrected chi connectivity index (χ2v) is 3.55. The molecule has 78 valence electrons. The molecule has 13 heavy (non-hydrogen) atoms. The van der Waals surface area contributed by atoms with Crippen molar-refractivity contribution in [3.8, 4) is 0 Å². The molecule has 0 spiro atoms. The van der Waals surface area contributed by atoms with E-state index in [0.717, 1.165) is 6.42 Å². The van der Waals surface area contributed by atoms with Gasteiger partial charge in [0.25, 0.3) is 0 Å². The highest BCUT2D eigenvalue weighted by Gasteiger charge is 2.32. The zero-order valence-corrected chi connectivity index (χ0v) is 8.54. The standard InChI is InChI=1S/C9H18O4/c1-9(2)12-6-8(13-9)4-5-11-7-10-3/h8H,4-7H2,1-3H3/t8-/m0/s1. The van der Waals surface area contributed by atoms with Crippen LogP contribution in [-0.2, 0) is 18.9 Å². The van der Waals surface area contributed by atoms with Gasteiger partial charge in [-0.2, -0.15) is 0 Å². The Morgan fingerprint density at radius 3 is 2.77 bits per heavy atom. The topological polar surface area (TPSA) is 36.9 Å². The Kier molecular flexibility index (Phi) is 4.12. The van der Waals surface area contributed by atoms with Gasteiger partial charge in [0, 0.05) is 7.11 Å². The van der Waals surface area contributed by atoms with Crippen LogP contribution in [0.5, 0.6) is 0 Å². The first-order valence-corrected chi connectivity index (χ1v) is 4.52. The maximum absolute atomic E-state index is 5.59. The molecule has 0 aromatic rings. The van der Waals surface area contributed by atoms with Gasteiger partial charge in [-0.15, -0.1) is 0 Å². The van der Waals surface area contributed by atoms with E-state index in [4.69, 9.17) is 18.9 Å². The summed E-state index contributed by atoms with van der Waals surface area (Å²) in [6, 6.07) is 0. The third-order valence-corrected chi connectivity index (χ3v) is 1.85. The van der Waals surface area contributed by atoms with E-state index in [1.54, 1.807) is 7.11 Å². The molecule has 0 aromatic carbocycles. The molecular formula is C9H18O4. The van der Waals surface area contributed by atoms with E-state index in [-0.39, 0.29) is 6.10 Å².